The van der Waals surface area contributed by atoms with Crippen molar-refractivity contribution in [2.75, 3.05) is 0 Å². The number of unbranched alkanes of at least 4 members (excludes halogenated alkanes) is 8. The molecule has 0 aliphatic carbocycles. The maximum absolute atomic E-state index is 11.0. The Labute approximate surface area is 141 Å². The number of aromatic nitrogens is 1. The predicted octanol–water partition coefficient (Wildman–Crippen LogP) is 4.85. The molecule has 0 saturated carbocycles. The number of carboxylic acid groups (broad SMARTS) is 1. The Bertz CT molecular complexity index is 396. The summed E-state index contributed by atoms with van der Waals surface area (Å²) in [5, 5.41) is 9.05. The van der Waals surface area contributed by atoms with E-state index in [1.54, 1.807) is 6.20 Å². The van der Waals surface area contributed by atoms with Gasteiger partial charge in [-0.2, -0.15) is 0 Å². The maximum atomic E-state index is 11.0. The number of pyridine rings is 1. The first-order chi connectivity index (χ1) is 9.75. The Morgan fingerprint density at radius 2 is 1.62 bits per heavy atom. The predicted molar refractivity (Wildman–Crippen MR) is 82.1 cm³/mol. The van der Waals surface area contributed by atoms with Crippen molar-refractivity contribution in [2.24, 2.45) is 0 Å². The zero-order valence-corrected chi connectivity index (χ0v) is 16.3. The van der Waals surface area contributed by atoms with E-state index in [-0.39, 0.29) is 25.2 Å². The van der Waals surface area contributed by atoms with Gasteiger partial charge in [-0.3, -0.25) is 0 Å². The van der Waals surface area contributed by atoms with Gasteiger partial charge in [0.15, 0.2) is 5.69 Å². The third-order valence-corrected chi connectivity index (χ3v) is 3.64. The SMILES string of the molecule is CCCCCCCCCCCc1cccnc1C(=O)O.[Zn]. The minimum absolute atomic E-state index is 0. The van der Waals surface area contributed by atoms with Crippen LogP contribution < -0.4 is 0 Å². The van der Waals surface area contributed by atoms with Crippen molar-refractivity contribution in [1.82, 2.24) is 4.98 Å². The maximum Gasteiger partial charge on any atom is 0.354 e. The first-order valence-corrected chi connectivity index (χ1v) is 7.93. The molecule has 1 heterocycles. The molecule has 0 spiro atoms. The number of rotatable bonds is 11. The zero-order valence-electron chi connectivity index (χ0n) is 13.3. The van der Waals surface area contributed by atoms with Crippen LogP contribution in [0.1, 0.15) is 80.8 Å². The third-order valence-electron chi connectivity index (χ3n) is 3.64. The van der Waals surface area contributed by atoms with Crippen LogP contribution in [0.3, 0.4) is 0 Å². The van der Waals surface area contributed by atoms with E-state index in [0.29, 0.717) is 0 Å². The van der Waals surface area contributed by atoms with Gasteiger partial charge in [0.1, 0.15) is 0 Å². The molecule has 0 atom stereocenters. The summed E-state index contributed by atoms with van der Waals surface area (Å²) < 4.78 is 0. The average Bonchev–Trinajstić information content (AvgIpc) is 2.46. The molecule has 0 bridgehead atoms. The normalized spacial score (nSPS) is 10.1. The van der Waals surface area contributed by atoms with Gasteiger partial charge in [-0.25, -0.2) is 9.78 Å². The molecular formula is C17H27NO2Zn. The Morgan fingerprint density at radius 1 is 1.05 bits per heavy atom. The van der Waals surface area contributed by atoms with Crippen LogP contribution in [-0.4, -0.2) is 16.1 Å². The van der Waals surface area contributed by atoms with Crippen molar-refractivity contribution < 1.29 is 29.4 Å². The van der Waals surface area contributed by atoms with Crippen LogP contribution in [0.5, 0.6) is 0 Å². The molecule has 0 unspecified atom stereocenters. The van der Waals surface area contributed by atoms with Crippen molar-refractivity contribution in [2.45, 2.75) is 71.1 Å². The van der Waals surface area contributed by atoms with E-state index in [1.165, 1.54) is 51.4 Å². The van der Waals surface area contributed by atoms with Crippen LogP contribution in [0, 0.1) is 0 Å². The standard InChI is InChI=1S/C17H27NO2.Zn/c1-2-3-4-5-6-7-8-9-10-12-15-13-11-14-18-16(15)17(19)20;/h11,13-14H,2-10,12H2,1H3,(H,19,20);. The van der Waals surface area contributed by atoms with E-state index in [2.05, 4.69) is 11.9 Å². The van der Waals surface area contributed by atoms with Crippen LogP contribution in [0.25, 0.3) is 0 Å². The second kappa shape index (κ2) is 12.9. The number of nitrogens with zero attached hydrogens (tertiary/aromatic N) is 1. The minimum Gasteiger partial charge on any atom is -0.477 e. The zero-order chi connectivity index (χ0) is 14.6. The monoisotopic (exact) mass is 341 g/mol. The molecule has 0 saturated heterocycles. The smallest absolute Gasteiger partial charge is 0.354 e. The fraction of sp³-hybridized carbons (Fsp3) is 0.647. The Kier molecular flexibility index (Phi) is 12.5. The summed E-state index contributed by atoms with van der Waals surface area (Å²) in [5.74, 6) is -0.920. The Morgan fingerprint density at radius 3 is 2.19 bits per heavy atom. The fourth-order valence-electron chi connectivity index (χ4n) is 2.46. The quantitative estimate of drug-likeness (QED) is 0.462. The number of aromatic carboxylic acids is 1. The molecule has 0 aromatic carbocycles. The van der Waals surface area contributed by atoms with Gasteiger partial charge < -0.3 is 5.11 Å². The molecular weight excluding hydrogens is 316 g/mol. The molecule has 1 N–H and O–H groups in total. The average molecular weight is 343 g/mol. The number of hydrogen-bond donors (Lipinski definition) is 1. The molecule has 0 aliphatic heterocycles. The molecule has 0 radical (unpaired) electrons. The molecule has 21 heavy (non-hydrogen) atoms. The molecule has 114 valence electrons. The summed E-state index contributed by atoms with van der Waals surface area (Å²) in [7, 11) is 0. The summed E-state index contributed by atoms with van der Waals surface area (Å²) in [6.45, 7) is 2.24. The largest absolute Gasteiger partial charge is 0.477 e. The van der Waals surface area contributed by atoms with E-state index in [1.807, 2.05) is 12.1 Å². The minimum atomic E-state index is -0.920. The van der Waals surface area contributed by atoms with Crippen molar-refractivity contribution in [3.63, 3.8) is 0 Å². The molecule has 3 nitrogen and oxygen atoms in total. The van der Waals surface area contributed by atoms with Crippen molar-refractivity contribution >= 4 is 5.97 Å². The third kappa shape index (κ3) is 8.98. The molecule has 0 aliphatic rings. The van der Waals surface area contributed by atoms with Crippen LogP contribution >= 0.6 is 0 Å². The van der Waals surface area contributed by atoms with E-state index in [4.69, 9.17) is 5.11 Å². The fourth-order valence-corrected chi connectivity index (χ4v) is 2.46. The molecule has 0 fully saturated rings. The van der Waals surface area contributed by atoms with Gasteiger partial charge in [-0.1, -0.05) is 64.4 Å². The summed E-state index contributed by atoms with van der Waals surface area (Å²) in [5.41, 5.74) is 1.08. The number of carboxylic acids is 1. The van der Waals surface area contributed by atoms with Crippen molar-refractivity contribution in [3.8, 4) is 0 Å². The van der Waals surface area contributed by atoms with Gasteiger partial charge in [-0.15, -0.1) is 0 Å². The summed E-state index contributed by atoms with van der Waals surface area (Å²) in [6, 6.07) is 3.69. The van der Waals surface area contributed by atoms with Crippen LogP contribution in [-0.2, 0) is 25.9 Å². The van der Waals surface area contributed by atoms with Crippen LogP contribution in [0.2, 0.25) is 0 Å². The molecule has 1 rings (SSSR count). The molecule has 1 aromatic rings. The van der Waals surface area contributed by atoms with Crippen LogP contribution in [0.4, 0.5) is 0 Å². The first-order valence-electron chi connectivity index (χ1n) is 7.93. The van der Waals surface area contributed by atoms with Gasteiger partial charge in [0, 0.05) is 25.7 Å². The number of carbonyl (C=O) groups is 1. The summed E-state index contributed by atoms with van der Waals surface area (Å²) >= 11 is 0. The van der Waals surface area contributed by atoms with Gasteiger partial charge in [-0.05, 0) is 24.5 Å². The first kappa shape index (κ1) is 20.2. The van der Waals surface area contributed by atoms with E-state index in [9.17, 15) is 4.79 Å². The second-order valence-corrected chi connectivity index (χ2v) is 5.39. The Hall–Kier alpha value is -0.757. The van der Waals surface area contributed by atoms with E-state index < -0.39 is 5.97 Å². The summed E-state index contributed by atoms with van der Waals surface area (Å²) in [4.78, 5) is 15.0. The number of hydrogen-bond acceptors (Lipinski definition) is 2. The topological polar surface area (TPSA) is 50.2 Å². The number of aryl methyl sites for hydroxylation is 1. The van der Waals surface area contributed by atoms with Gasteiger partial charge in [0.25, 0.3) is 0 Å². The summed E-state index contributed by atoms with van der Waals surface area (Å²) in [6.07, 6.45) is 13.9. The molecule has 1 aromatic heterocycles. The molecule has 4 heteroatoms. The molecule has 0 amide bonds. The second-order valence-electron chi connectivity index (χ2n) is 5.39. The van der Waals surface area contributed by atoms with Gasteiger partial charge in [0.2, 0.25) is 0 Å². The van der Waals surface area contributed by atoms with E-state index in [0.717, 1.165) is 18.4 Å². The van der Waals surface area contributed by atoms with Crippen molar-refractivity contribution in [3.05, 3.63) is 29.6 Å². The van der Waals surface area contributed by atoms with E-state index >= 15 is 0 Å². The van der Waals surface area contributed by atoms with Crippen LogP contribution in [0.15, 0.2) is 18.3 Å². The van der Waals surface area contributed by atoms with Gasteiger partial charge >= 0.3 is 5.97 Å². The Balaban J connectivity index is 0.00000400. The van der Waals surface area contributed by atoms with Gasteiger partial charge in [0.05, 0.1) is 0 Å². The van der Waals surface area contributed by atoms with Crippen molar-refractivity contribution in [1.29, 1.82) is 0 Å².